The van der Waals surface area contributed by atoms with E-state index in [1.165, 1.54) is 12.2 Å². The van der Waals surface area contributed by atoms with Crippen LogP contribution >= 0.6 is 23.2 Å². The summed E-state index contributed by atoms with van der Waals surface area (Å²) in [7, 11) is 0. The maximum absolute atomic E-state index is 10.7. The van der Waals surface area contributed by atoms with E-state index in [0.717, 1.165) is 0 Å². The normalized spacial score (nSPS) is 15.8. The Morgan fingerprint density at radius 2 is 1.38 bits per heavy atom. The van der Waals surface area contributed by atoms with Gasteiger partial charge in [0.15, 0.2) is 0 Å². The van der Waals surface area contributed by atoms with Gasteiger partial charge in [0.1, 0.15) is 0 Å². The molecule has 0 aromatic carbocycles. The van der Waals surface area contributed by atoms with Gasteiger partial charge in [0.05, 0.1) is 0 Å². The molecule has 13 heavy (non-hydrogen) atoms. The minimum atomic E-state index is -0.534. The van der Waals surface area contributed by atoms with Gasteiger partial charge in [0.25, 0.3) is 10.5 Å². The van der Waals surface area contributed by atoms with Crippen molar-refractivity contribution in [2.45, 2.75) is 6.42 Å². The van der Waals surface area contributed by atoms with Gasteiger partial charge in [-0.05, 0) is 41.8 Å². The van der Waals surface area contributed by atoms with Crippen LogP contribution in [0.15, 0.2) is 35.5 Å². The van der Waals surface area contributed by atoms with Crippen LogP contribution in [0.2, 0.25) is 0 Å². The van der Waals surface area contributed by atoms with Crippen LogP contribution in [0.25, 0.3) is 0 Å². The molecule has 0 saturated carbocycles. The molecule has 0 fully saturated rings. The topological polar surface area (TPSA) is 34.1 Å². The molecule has 0 aromatic heterocycles. The van der Waals surface area contributed by atoms with E-state index in [1.54, 1.807) is 12.2 Å². The molecule has 0 saturated heterocycles. The summed E-state index contributed by atoms with van der Waals surface area (Å²) in [5, 5.41) is -1.07. The lowest BCUT2D eigenvalue weighted by molar-refractivity contribution is -0.109. The van der Waals surface area contributed by atoms with Crippen molar-refractivity contribution in [1.82, 2.24) is 0 Å². The van der Waals surface area contributed by atoms with Crippen LogP contribution < -0.4 is 0 Å². The number of carbonyl (C=O) groups is 2. The molecular weight excluding hydrogens is 211 g/mol. The van der Waals surface area contributed by atoms with Gasteiger partial charge in [0.2, 0.25) is 0 Å². The van der Waals surface area contributed by atoms with Crippen molar-refractivity contribution in [2.75, 3.05) is 0 Å². The van der Waals surface area contributed by atoms with E-state index in [-0.39, 0.29) is 0 Å². The maximum Gasteiger partial charge on any atom is 0.252 e. The Labute approximate surface area is 85.5 Å². The zero-order valence-corrected chi connectivity index (χ0v) is 8.10. The average molecular weight is 217 g/mol. The van der Waals surface area contributed by atoms with Crippen LogP contribution in [0.5, 0.6) is 0 Å². The SMILES string of the molecule is O=C(Cl)C1=CCC=C(C(=O)Cl)C=C1. The lowest BCUT2D eigenvalue weighted by Crippen LogP contribution is -1.89. The minimum Gasteiger partial charge on any atom is -0.276 e. The first-order valence-electron chi connectivity index (χ1n) is 3.59. The molecule has 1 aliphatic carbocycles. The van der Waals surface area contributed by atoms with Gasteiger partial charge in [0, 0.05) is 11.1 Å². The summed E-state index contributed by atoms with van der Waals surface area (Å²) in [6.07, 6.45) is 6.72. The largest absolute Gasteiger partial charge is 0.276 e. The van der Waals surface area contributed by atoms with Crippen LogP contribution in [0, 0.1) is 0 Å². The van der Waals surface area contributed by atoms with E-state index in [1.807, 2.05) is 0 Å². The average Bonchev–Trinajstić information content (AvgIpc) is 2.27. The first-order chi connectivity index (χ1) is 6.11. The summed E-state index contributed by atoms with van der Waals surface area (Å²) < 4.78 is 0. The van der Waals surface area contributed by atoms with Crippen molar-refractivity contribution < 1.29 is 9.59 Å². The van der Waals surface area contributed by atoms with Crippen LogP contribution in [0.3, 0.4) is 0 Å². The molecule has 0 aliphatic heterocycles. The summed E-state index contributed by atoms with van der Waals surface area (Å²) in [5.41, 5.74) is 0.761. The molecule has 0 radical (unpaired) electrons. The number of halogens is 2. The second kappa shape index (κ2) is 4.40. The van der Waals surface area contributed by atoms with Crippen LogP contribution in [-0.4, -0.2) is 10.5 Å². The third-order valence-corrected chi connectivity index (χ3v) is 2.01. The standard InChI is InChI=1S/C9H6Cl2O2/c10-8(12)6-2-1-3-7(5-4-6)9(11)13/h2-5H,1H2. The highest BCUT2D eigenvalue weighted by Gasteiger charge is 2.07. The second-order valence-electron chi connectivity index (χ2n) is 2.44. The van der Waals surface area contributed by atoms with E-state index in [4.69, 9.17) is 23.2 Å². The van der Waals surface area contributed by atoms with Crippen LogP contribution in [0.4, 0.5) is 0 Å². The summed E-state index contributed by atoms with van der Waals surface area (Å²) in [4.78, 5) is 21.5. The molecule has 0 N–H and O–H groups in total. The quantitative estimate of drug-likeness (QED) is 0.665. The third kappa shape index (κ3) is 2.83. The zero-order valence-electron chi connectivity index (χ0n) is 6.59. The minimum absolute atomic E-state index is 0.380. The molecule has 0 bridgehead atoms. The fraction of sp³-hybridized carbons (Fsp3) is 0.111. The van der Waals surface area contributed by atoms with E-state index < -0.39 is 10.5 Å². The molecule has 68 valence electrons. The van der Waals surface area contributed by atoms with E-state index in [9.17, 15) is 9.59 Å². The predicted octanol–water partition coefficient (Wildman–Crippen LogP) is 2.33. The lowest BCUT2D eigenvalue weighted by atomic mass is 10.2. The Kier molecular flexibility index (Phi) is 3.46. The van der Waals surface area contributed by atoms with E-state index in [0.29, 0.717) is 17.6 Å². The third-order valence-electron chi connectivity index (χ3n) is 1.57. The van der Waals surface area contributed by atoms with E-state index in [2.05, 4.69) is 0 Å². The highest BCUT2D eigenvalue weighted by atomic mass is 35.5. The molecule has 1 aliphatic rings. The van der Waals surface area contributed by atoms with Crippen LogP contribution in [-0.2, 0) is 9.59 Å². The number of rotatable bonds is 2. The number of carbonyl (C=O) groups excluding carboxylic acids is 2. The van der Waals surface area contributed by atoms with Crippen molar-refractivity contribution in [1.29, 1.82) is 0 Å². The summed E-state index contributed by atoms with van der Waals surface area (Å²) in [6.45, 7) is 0. The van der Waals surface area contributed by atoms with Gasteiger partial charge in [-0.25, -0.2) is 0 Å². The maximum atomic E-state index is 10.7. The summed E-state index contributed by atoms with van der Waals surface area (Å²) in [6, 6.07) is 0. The van der Waals surface area contributed by atoms with Gasteiger partial charge in [-0.1, -0.05) is 12.2 Å². The molecule has 0 atom stereocenters. The summed E-state index contributed by atoms with van der Waals surface area (Å²) in [5.74, 6) is 0. The Morgan fingerprint density at radius 1 is 1.00 bits per heavy atom. The Balaban J connectivity index is 2.86. The van der Waals surface area contributed by atoms with Crippen molar-refractivity contribution >= 4 is 33.7 Å². The Bertz CT molecular complexity index is 306. The van der Waals surface area contributed by atoms with Gasteiger partial charge in [-0.3, -0.25) is 9.59 Å². The highest BCUT2D eigenvalue weighted by Crippen LogP contribution is 2.14. The fourth-order valence-electron chi connectivity index (χ4n) is 0.920. The number of allylic oxidation sites excluding steroid dienone is 6. The molecule has 0 spiro atoms. The van der Waals surface area contributed by atoms with E-state index >= 15 is 0 Å². The highest BCUT2D eigenvalue weighted by molar-refractivity contribution is 6.68. The molecule has 0 unspecified atom stereocenters. The van der Waals surface area contributed by atoms with Crippen molar-refractivity contribution in [3.63, 3.8) is 0 Å². The fourth-order valence-corrected chi connectivity index (χ4v) is 1.20. The zero-order chi connectivity index (χ0) is 9.84. The predicted molar refractivity (Wildman–Crippen MR) is 51.6 cm³/mol. The van der Waals surface area contributed by atoms with Gasteiger partial charge in [-0.15, -0.1) is 0 Å². The molecule has 2 nitrogen and oxygen atoms in total. The molecular formula is C9H6Cl2O2. The molecule has 0 aromatic rings. The number of hydrogen-bond acceptors (Lipinski definition) is 2. The van der Waals surface area contributed by atoms with Gasteiger partial charge < -0.3 is 0 Å². The monoisotopic (exact) mass is 216 g/mol. The lowest BCUT2D eigenvalue weighted by Gasteiger charge is -1.89. The molecule has 0 amide bonds. The number of hydrogen-bond donors (Lipinski definition) is 0. The van der Waals surface area contributed by atoms with Crippen molar-refractivity contribution in [2.24, 2.45) is 0 Å². The van der Waals surface area contributed by atoms with Crippen molar-refractivity contribution in [3.8, 4) is 0 Å². The van der Waals surface area contributed by atoms with Gasteiger partial charge in [-0.2, -0.15) is 0 Å². The van der Waals surface area contributed by atoms with Gasteiger partial charge >= 0.3 is 0 Å². The summed E-state index contributed by atoms with van der Waals surface area (Å²) >= 11 is 10.5. The Morgan fingerprint density at radius 3 is 1.69 bits per heavy atom. The molecule has 0 heterocycles. The van der Waals surface area contributed by atoms with Crippen LogP contribution in [0.1, 0.15) is 6.42 Å². The Hall–Kier alpha value is -0.860. The molecule has 1 rings (SSSR count). The first kappa shape index (κ1) is 10.2. The first-order valence-corrected chi connectivity index (χ1v) is 4.35. The second-order valence-corrected chi connectivity index (χ2v) is 3.12. The molecule has 4 heteroatoms. The van der Waals surface area contributed by atoms with Crippen molar-refractivity contribution in [3.05, 3.63) is 35.5 Å². The smallest absolute Gasteiger partial charge is 0.252 e.